The molecule has 0 unspecified atom stereocenters. The summed E-state index contributed by atoms with van der Waals surface area (Å²) in [6, 6.07) is 5.05. The highest BCUT2D eigenvalue weighted by Gasteiger charge is 2.40. The predicted molar refractivity (Wildman–Crippen MR) is 77.7 cm³/mol. The number of carboxylic acid groups (broad SMARTS) is 1. The van der Waals surface area contributed by atoms with Gasteiger partial charge in [0, 0.05) is 13.1 Å². The Morgan fingerprint density at radius 1 is 1.10 bits per heavy atom. The summed E-state index contributed by atoms with van der Waals surface area (Å²) in [7, 11) is 0. The standard InChI is InChI=1S/C16H20N2O3/c17-16(6-2-1-3-7-16)15(21)18-9-12-5-4-11(14(19)20)8-13(12)10-18/h4-5,8H,1-3,6-7,9-10,17H2,(H,19,20). The van der Waals surface area contributed by atoms with Gasteiger partial charge in [0.2, 0.25) is 5.91 Å². The highest BCUT2D eigenvalue weighted by Crippen LogP contribution is 2.31. The first-order chi connectivity index (χ1) is 9.99. The number of carboxylic acids is 1. The smallest absolute Gasteiger partial charge is 0.335 e. The third-order valence-corrected chi connectivity index (χ3v) is 4.63. The van der Waals surface area contributed by atoms with Gasteiger partial charge < -0.3 is 15.7 Å². The molecule has 0 spiro atoms. The zero-order valence-corrected chi connectivity index (χ0v) is 12.0. The fraction of sp³-hybridized carbons (Fsp3) is 0.500. The largest absolute Gasteiger partial charge is 0.478 e. The van der Waals surface area contributed by atoms with Crippen LogP contribution in [0.25, 0.3) is 0 Å². The van der Waals surface area contributed by atoms with E-state index in [0.717, 1.165) is 43.2 Å². The SMILES string of the molecule is NC1(C(=O)N2Cc3ccc(C(=O)O)cc3C2)CCCCC1. The van der Waals surface area contributed by atoms with Crippen molar-refractivity contribution in [3.05, 3.63) is 34.9 Å². The average Bonchev–Trinajstić information content (AvgIpc) is 2.89. The van der Waals surface area contributed by atoms with Crippen molar-refractivity contribution in [2.45, 2.75) is 50.7 Å². The van der Waals surface area contributed by atoms with Crippen LogP contribution >= 0.6 is 0 Å². The molecular weight excluding hydrogens is 268 g/mol. The van der Waals surface area contributed by atoms with Crippen LogP contribution < -0.4 is 5.73 Å². The van der Waals surface area contributed by atoms with E-state index in [1.54, 1.807) is 23.1 Å². The summed E-state index contributed by atoms with van der Waals surface area (Å²) >= 11 is 0. The van der Waals surface area contributed by atoms with E-state index < -0.39 is 11.5 Å². The van der Waals surface area contributed by atoms with E-state index in [2.05, 4.69) is 0 Å². The van der Waals surface area contributed by atoms with Crippen LogP contribution in [0.1, 0.15) is 53.6 Å². The normalized spacial score (nSPS) is 20.1. The molecule has 1 aliphatic carbocycles. The van der Waals surface area contributed by atoms with E-state index in [1.807, 2.05) is 0 Å². The van der Waals surface area contributed by atoms with E-state index in [9.17, 15) is 9.59 Å². The summed E-state index contributed by atoms with van der Waals surface area (Å²) < 4.78 is 0. The summed E-state index contributed by atoms with van der Waals surface area (Å²) in [6.07, 6.45) is 4.66. The lowest BCUT2D eigenvalue weighted by Gasteiger charge is -2.35. The molecular formula is C16H20N2O3. The Bertz CT molecular complexity index is 591. The third kappa shape index (κ3) is 2.53. The average molecular weight is 288 g/mol. The maximum absolute atomic E-state index is 12.7. The van der Waals surface area contributed by atoms with Gasteiger partial charge in [0.05, 0.1) is 11.1 Å². The summed E-state index contributed by atoms with van der Waals surface area (Å²) in [6.45, 7) is 1.00. The highest BCUT2D eigenvalue weighted by molar-refractivity contribution is 5.89. The van der Waals surface area contributed by atoms with Crippen molar-refractivity contribution in [2.24, 2.45) is 5.73 Å². The quantitative estimate of drug-likeness (QED) is 0.870. The molecule has 2 aliphatic rings. The van der Waals surface area contributed by atoms with Crippen LogP contribution in [-0.2, 0) is 17.9 Å². The Kier molecular flexibility index (Phi) is 3.45. The molecule has 21 heavy (non-hydrogen) atoms. The third-order valence-electron chi connectivity index (χ3n) is 4.63. The fourth-order valence-corrected chi connectivity index (χ4v) is 3.38. The number of hydrogen-bond acceptors (Lipinski definition) is 3. The Balaban J connectivity index is 1.78. The van der Waals surface area contributed by atoms with Crippen molar-refractivity contribution in [2.75, 3.05) is 0 Å². The Morgan fingerprint density at radius 2 is 1.76 bits per heavy atom. The van der Waals surface area contributed by atoms with Gasteiger partial charge >= 0.3 is 5.97 Å². The van der Waals surface area contributed by atoms with E-state index in [1.165, 1.54) is 0 Å². The maximum atomic E-state index is 12.7. The number of nitrogens with zero attached hydrogens (tertiary/aromatic N) is 1. The monoisotopic (exact) mass is 288 g/mol. The number of benzene rings is 1. The number of carbonyl (C=O) groups excluding carboxylic acids is 1. The fourth-order valence-electron chi connectivity index (χ4n) is 3.38. The van der Waals surface area contributed by atoms with Gasteiger partial charge in [-0.05, 0) is 36.1 Å². The molecule has 5 heteroatoms. The van der Waals surface area contributed by atoms with E-state index >= 15 is 0 Å². The molecule has 3 rings (SSSR count). The Hall–Kier alpha value is -1.88. The summed E-state index contributed by atoms with van der Waals surface area (Å²) in [4.78, 5) is 25.5. The Labute approximate surface area is 123 Å². The highest BCUT2D eigenvalue weighted by atomic mass is 16.4. The van der Waals surface area contributed by atoms with Crippen molar-refractivity contribution < 1.29 is 14.7 Å². The van der Waals surface area contributed by atoms with Gasteiger partial charge in [0.1, 0.15) is 0 Å². The van der Waals surface area contributed by atoms with Crippen molar-refractivity contribution in [3.8, 4) is 0 Å². The first kappa shape index (κ1) is 14.1. The lowest BCUT2D eigenvalue weighted by atomic mass is 9.81. The molecule has 1 aromatic carbocycles. The molecule has 1 saturated carbocycles. The number of aromatic carboxylic acids is 1. The van der Waals surface area contributed by atoms with Gasteiger partial charge in [0.15, 0.2) is 0 Å². The molecule has 1 aromatic rings. The van der Waals surface area contributed by atoms with Crippen molar-refractivity contribution in [1.29, 1.82) is 0 Å². The van der Waals surface area contributed by atoms with Crippen LogP contribution in [0, 0.1) is 0 Å². The summed E-state index contributed by atoms with van der Waals surface area (Å²) in [5.74, 6) is -0.930. The lowest BCUT2D eigenvalue weighted by molar-refractivity contribution is -0.138. The number of rotatable bonds is 2. The predicted octanol–water partition coefficient (Wildman–Crippen LogP) is 1.89. The molecule has 1 heterocycles. The van der Waals surface area contributed by atoms with Gasteiger partial charge in [-0.2, -0.15) is 0 Å². The minimum absolute atomic E-state index is 0.00951. The maximum Gasteiger partial charge on any atom is 0.335 e. The van der Waals surface area contributed by atoms with Crippen LogP contribution in [0.2, 0.25) is 0 Å². The van der Waals surface area contributed by atoms with Crippen LogP contribution in [0.5, 0.6) is 0 Å². The second-order valence-corrected chi connectivity index (χ2v) is 6.17. The van der Waals surface area contributed by atoms with E-state index in [4.69, 9.17) is 10.8 Å². The second-order valence-electron chi connectivity index (χ2n) is 6.17. The minimum Gasteiger partial charge on any atom is -0.478 e. The molecule has 1 aliphatic heterocycles. The molecule has 5 nitrogen and oxygen atoms in total. The molecule has 1 fully saturated rings. The molecule has 1 amide bonds. The van der Waals surface area contributed by atoms with Gasteiger partial charge in [-0.1, -0.05) is 25.3 Å². The molecule has 3 N–H and O–H groups in total. The molecule has 0 atom stereocenters. The zero-order valence-electron chi connectivity index (χ0n) is 12.0. The van der Waals surface area contributed by atoms with Gasteiger partial charge in [0.25, 0.3) is 0 Å². The number of hydrogen-bond donors (Lipinski definition) is 2. The zero-order chi connectivity index (χ0) is 15.0. The number of amides is 1. The van der Waals surface area contributed by atoms with Gasteiger partial charge in [-0.25, -0.2) is 4.79 Å². The summed E-state index contributed by atoms with van der Waals surface area (Å²) in [5, 5.41) is 9.04. The van der Waals surface area contributed by atoms with Gasteiger partial charge in [-0.15, -0.1) is 0 Å². The van der Waals surface area contributed by atoms with Crippen molar-refractivity contribution in [1.82, 2.24) is 4.90 Å². The second kappa shape index (κ2) is 5.15. The van der Waals surface area contributed by atoms with Crippen molar-refractivity contribution >= 4 is 11.9 Å². The molecule has 0 saturated heterocycles. The first-order valence-electron chi connectivity index (χ1n) is 7.43. The summed E-state index contributed by atoms with van der Waals surface area (Å²) in [5.41, 5.74) is 7.79. The van der Waals surface area contributed by atoms with E-state index in [0.29, 0.717) is 13.1 Å². The van der Waals surface area contributed by atoms with Crippen LogP contribution in [0.3, 0.4) is 0 Å². The topological polar surface area (TPSA) is 83.6 Å². The van der Waals surface area contributed by atoms with Crippen molar-refractivity contribution in [3.63, 3.8) is 0 Å². The van der Waals surface area contributed by atoms with Crippen LogP contribution in [0.15, 0.2) is 18.2 Å². The Morgan fingerprint density at radius 3 is 2.43 bits per heavy atom. The van der Waals surface area contributed by atoms with E-state index in [-0.39, 0.29) is 11.5 Å². The number of nitrogens with two attached hydrogens (primary N) is 1. The molecule has 0 aromatic heterocycles. The number of carbonyl (C=O) groups is 2. The minimum atomic E-state index is -0.940. The van der Waals surface area contributed by atoms with Gasteiger partial charge in [-0.3, -0.25) is 4.79 Å². The number of fused-ring (bicyclic) bond motifs is 1. The first-order valence-corrected chi connectivity index (χ1v) is 7.43. The van der Waals surface area contributed by atoms with Crippen LogP contribution in [0.4, 0.5) is 0 Å². The molecule has 112 valence electrons. The molecule has 0 bridgehead atoms. The molecule has 0 radical (unpaired) electrons. The van der Waals surface area contributed by atoms with Crippen LogP contribution in [-0.4, -0.2) is 27.4 Å². The lowest BCUT2D eigenvalue weighted by Crippen LogP contribution is -2.55.